The van der Waals surface area contributed by atoms with Gasteiger partial charge in [0.25, 0.3) is 5.91 Å². The van der Waals surface area contributed by atoms with Crippen LogP contribution in [0.15, 0.2) is 30.6 Å². The number of rotatable bonds is 5. The van der Waals surface area contributed by atoms with Crippen LogP contribution in [0.4, 0.5) is 0 Å². The van der Waals surface area contributed by atoms with Crippen LogP contribution in [-0.2, 0) is 0 Å². The molecule has 0 unspecified atom stereocenters. The van der Waals surface area contributed by atoms with Crippen molar-refractivity contribution in [1.29, 1.82) is 0 Å². The molecular weight excluding hydrogens is 332 g/mol. The third-order valence-corrected chi connectivity index (χ3v) is 4.39. The van der Waals surface area contributed by atoms with Gasteiger partial charge >= 0.3 is 0 Å². The van der Waals surface area contributed by atoms with E-state index in [9.17, 15) is 4.79 Å². The predicted molar refractivity (Wildman–Crippen MR) is 99.7 cm³/mol. The number of methoxy groups -OCH3 is 2. The first-order valence-corrected chi connectivity index (χ1v) is 8.30. The number of nitrogens with zero attached hydrogens (tertiary/aromatic N) is 3. The van der Waals surface area contributed by atoms with E-state index in [4.69, 9.17) is 9.47 Å². The van der Waals surface area contributed by atoms with Crippen molar-refractivity contribution in [2.24, 2.45) is 0 Å². The Kier molecular flexibility index (Phi) is 4.79. The molecule has 0 bridgehead atoms. The van der Waals surface area contributed by atoms with Gasteiger partial charge in [-0.1, -0.05) is 0 Å². The molecule has 3 aromatic rings. The standard InChI is InChI=1S/C19H22N4O3/c1-11(2)23(3)19(24)13-9-20-18-17(13)22-14(10-21-18)12-6-7-15(25-4)16(8-12)26-5/h6-11H,1-5H3,(H,20,21). The fraction of sp³-hybridized carbons (Fsp3) is 0.316. The zero-order chi connectivity index (χ0) is 18.8. The summed E-state index contributed by atoms with van der Waals surface area (Å²) in [5.74, 6) is 1.16. The van der Waals surface area contributed by atoms with Gasteiger partial charge < -0.3 is 19.4 Å². The Morgan fingerprint density at radius 1 is 1.19 bits per heavy atom. The summed E-state index contributed by atoms with van der Waals surface area (Å²) in [6.45, 7) is 3.93. The lowest BCUT2D eigenvalue weighted by Crippen LogP contribution is -2.32. The molecule has 2 aromatic heterocycles. The van der Waals surface area contributed by atoms with Crippen LogP contribution in [0, 0.1) is 0 Å². The van der Waals surface area contributed by atoms with Crippen molar-refractivity contribution in [3.05, 3.63) is 36.2 Å². The number of carbonyl (C=O) groups is 1. The van der Waals surface area contributed by atoms with Crippen molar-refractivity contribution >= 4 is 17.1 Å². The van der Waals surface area contributed by atoms with Gasteiger partial charge in [0.15, 0.2) is 17.1 Å². The van der Waals surface area contributed by atoms with Crippen LogP contribution in [0.1, 0.15) is 24.2 Å². The minimum atomic E-state index is -0.0926. The molecule has 0 aliphatic carbocycles. The van der Waals surface area contributed by atoms with Gasteiger partial charge in [-0.05, 0) is 32.0 Å². The Hall–Kier alpha value is -3.09. The first-order chi connectivity index (χ1) is 12.5. The van der Waals surface area contributed by atoms with E-state index in [0.29, 0.717) is 33.9 Å². The third-order valence-electron chi connectivity index (χ3n) is 4.39. The lowest BCUT2D eigenvalue weighted by molar-refractivity contribution is 0.0757. The van der Waals surface area contributed by atoms with Gasteiger partial charge in [0.2, 0.25) is 0 Å². The Morgan fingerprint density at radius 3 is 2.58 bits per heavy atom. The molecule has 3 rings (SSSR count). The van der Waals surface area contributed by atoms with E-state index in [0.717, 1.165) is 5.56 Å². The summed E-state index contributed by atoms with van der Waals surface area (Å²) in [6.07, 6.45) is 3.32. The van der Waals surface area contributed by atoms with Crippen LogP contribution in [-0.4, -0.2) is 53.1 Å². The average Bonchev–Trinajstić information content (AvgIpc) is 3.09. The summed E-state index contributed by atoms with van der Waals surface area (Å²) in [7, 11) is 4.95. The largest absolute Gasteiger partial charge is 0.493 e. The SMILES string of the molecule is COc1ccc(-c2cnc3[nH]cc(C(=O)N(C)C(C)C)c3n2)cc1OC. The molecule has 0 atom stereocenters. The molecule has 1 N–H and O–H groups in total. The smallest absolute Gasteiger partial charge is 0.257 e. The van der Waals surface area contributed by atoms with Crippen LogP contribution in [0.2, 0.25) is 0 Å². The summed E-state index contributed by atoms with van der Waals surface area (Å²) >= 11 is 0. The lowest BCUT2D eigenvalue weighted by Gasteiger charge is -2.20. The molecular formula is C19H22N4O3. The van der Waals surface area contributed by atoms with Gasteiger partial charge in [0, 0.05) is 24.8 Å². The van der Waals surface area contributed by atoms with Crippen LogP contribution >= 0.6 is 0 Å². The lowest BCUT2D eigenvalue weighted by atomic mass is 10.1. The van der Waals surface area contributed by atoms with Gasteiger partial charge in [-0.25, -0.2) is 9.97 Å². The highest BCUT2D eigenvalue weighted by Gasteiger charge is 2.20. The number of benzene rings is 1. The molecule has 0 radical (unpaired) electrons. The Morgan fingerprint density at radius 2 is 1.92 bits per heavy atom. The zero-order valence-corrected chi connectivity index (χ0v) is 15.5. The second kappa shape index (κ2) is 7.03. The van der Waals surface area contributed by atoms with Gasteiger partial charge in [0.1, 0.15) is 5.52 Å². The van der Waals surface area contributed by atoms with Crippen LogP contribution in [0.3, 0.4) is 0 Å². The normalized spacial score (nSPS) is 11.0. The maximum Gasteiger partial charge on any atom is 0.257 e. The topological polar surface area (TPSA) is 80.3 Å². The number of amides is 1. The van der Waals surface area contributed by atoms with E-state index in [2.05, 4.69) is 15.0 Å². The summed E-state index contributed by atoms with van der Waals surface area (Å²) < 4.78 is 10.6. The van der Waals surface area contributed by atoms with E-state index in [1.54, 1.807) is 38.6 Å². The number of hydrogen-bond donors (Lipinski definition) is 1. The Bertz CT molecular complexity index is 949. The van der Waals surface area contributed by atoms with Crippen molar-refractivity contribution in [1.82, 2.24) is 19.9 Å². The first-order valence-electron chi connectivity index (χ1n) is 8.30. The van der Waals surface area contributed by atoms with Crippen molar-refractivity contribution < 1.29 is 14.3 Å². The minimum absolute atomic E-state index is 0.0921. The molecule has 2 heterocycles. The van der Waals surface area contributed by atoms with Gasteiger partial charge in [-0.3, -0.25) is 4.79 Å². The van der Waals surface area contributed by atoms with E-state index in [1.807, 2.05) is 32.0 Å². The molecule has 7 nitrogen and oxygen atoms in total. The Balaban J connectivity index is 2.07. The zero-order valence-electron chi connectivity index (χ0n) is 15.5. The molecule has 0 fully saturated rings. The van der Waals surface area contributed by atoms with E-state index in [-0.39, 0.29) is 11.9 Å². The second-order valence-electron chi connectivity index (χ2n) is 6.23. The summed E-state index contributed by atoms with van der Waals surface area (Å²) in [6, 6.07) is 5.62. The molecule has 0 spiro atoms. The van der Waals surface area contributed by atoms with Crippen molar-refractivity contribution in [3.8, 4) is 22.8 Å². The Labute approximate surface area is 152 Å². The molecule has 0 saturated carbocycles. The van der Waals surface area contributed by atoms with E-state index >= 15 is 0 Å². The monoisotopic (exact) mass is 354 g/mol. The molecule has 7 heteroatoms. The fourth-order valence-electron chi connectivity index (χ4n) is 2.61. The van der Waals surface area contributed by atoms with Crippen molar-refractivity contribution in [2.75, 3.05) is 21.3 Å². The highest BCUT2D eigenvalue weighted by Crippen LogP contribution is 2.32. The van der Waals surface area contributed by atoms with Crippen LogP contribution < -0.4 is 9.47 Å². The van der Waals surface area contributed by atoms with Crippen LogP contribution in [0.25, 0.3) is 22.4 Å². The number of aromatic amines is 1. The molecule has 26 heavy (non-hydrogen) atoms. The maximum atomic E-state index is 12.7. The summed E-state index contributed by atoms with van der Waals surface area (Å²) in [5, 5.41) is 0. The van der Waals surface area contributed by atoms with E-state index in [1.165, 1.54) is 0 Å². The van der Waals surface area contributed by atoms with Crippen molar-refractivity contribution in [2.45, 2.75) is 19.9 Å². The summed E-state index contributed by atoms with van der Waals surface area (Å²) in [4.78, 5) is 26.4. The number of hydrogen-bond acceptors (Lipinski definition) is 5. The third kappa shape index (κ3) is 3.08. The predicted octanol–water partition coefficient (Wildman–Crippen LogP) is 3.12. The number of ether oxygens (including phenoxy) is 2. The molecule has 1 amide bonds. The molecule has 136 valence electrons. The second-order valence-corrected chi connectivity index (χ2v) is 6.23. The maximum absolute atomic E-state index is 12.7. The van der Waals surface area contributed by atoms with Crippen molar-refractivity contribution in [3.63, 3.8) is 0 Å². The number of carbonyl (C=O) groups excluding carboxylic acids is 1. The number of H-pyrrole nitrogens is 1. The highest BCUT2D eigenvalue weighted by atomic mass is 16.5. The summed E-state index contributed by atoms with van der Waals surface area (Å²) in [5.41, 5.74) is 3.11. The average molecular weight is 354 g/mol. The first kappa shape index (κ1) is 17.7. The van der Waals surface area contributed by atoms with Crippen LogP contribution in [0.5, 0.6) is 11.5 Å². The highest BCUT2D eigenvalue weighted by molar-refractivity contribution is 6.04. The van der Waals surface area contributed by atoms with Gasteiger partial charge in [-0.2, -0.15) is 0 Å². The quantitative estimate of drug-likeness (QED) is 0.761. The number of fused-ring (bicyclic) bond motifs is 1. The van der Waals surface area contributed by atoms with Gasteiger partial charge in [-0.15, -0.1) is 0 Å². The number of nitrogens with one attached hydrogen (secondary N) is 1. The molecule has 0 aliphatic heterocycles. The van der Waals surface area contributed by atoms with Gasteiger partial charge in [0.05, 0.1) is 31.7 Å². The number of aromatic nitrogens is 3. The molecule has 0 saturated heterocycles. The molecule has 0 aliphatic rings. The van der Waals surface area contributed by atoms with E-state index < -0.39 is 0 Å². The minimum Gasteiger partial charge on any atom is -0.493 e. The molecule has 1 aromatic carbocycles. The fourth-order valence-corrected chi connectivity index (χ4v) is 2.61.